The number of aromatic hydroxyl groups is 1. The van der Waals surface area contributed by atoms with E-state index in [1.165, 1.54) is 12.1 Å². The van der Waals surface area contributed by atoms with E-state index in [2.05, 4.69) is 10.2 Å². The number of hydrogen-bond donors (Lipinski definition) is 3. The normalized spacial score (nSPS) is 12.1. The number of fused-ring (bicyclic) bond motifs is 1. The third-order valence-corrected chi connectivity index (χ3v) is 4.85. The molecule has 8 heteroatoms. The van der Waals surface area contributed by atoms with Crippen LogP contribution in [0.5, 0.6) is 5.75 Å². The molecule has 0 fully saturated rings. The van der Waals surface area contributed by atoms with Crippen LogP contribution in [0.15, 0.2) is 57.6 Å². The number of phenolic OH excluding ortho intramolecular Hbond substituents is 1. The van der Waals surface area contributed by atoms with Gasteiger partial charge in [-0.15, -0.1) is 10.2 Å². The lowest BCUT2D eigenvalue weighted by Crippen LogP contribution is -1.98. The molecule has 0 aliphatic rings. The minimum Gasteiger partial charge on any atom is -0.505 e. The summed E-state index contributed by atoms with van der Waals surface area (Å²) in [5.41, 5.74) is 7.85. The highest BCUT2D eigenvalue weighted by Crippen LogP contribution is 2.40. The number of hydrogen-bond acceptors (Lipinski definition) is 6. The van der Waals surface area contributed by atoms with Gasteiger partial charge in [-0.25, -0.2) is 0 Å². The number of azo groups is 1. The number of nitrogen functional groups attached to an aromatic ring is 1. The average Bonchev–Trinajstić information content (AvgIpc) is 2.54. The highest BCUT2D eigenvalue weighted by Gasteiger charge is 2.16. The fourth-order valence-electron chi connectivity index (χ4n) is 2.67. The van der Waals surface area contributed by atoms with Crippen LogP contribution in [0.1, 0.15) is 11.1 Å². The molecule has 0 unspecified atom stereocenters. The Bertz CT molecular complexity index is 1150. The van der Waals surface area contributed by atoms with E-state index in [0.717, 1.165) is 10.9 Å². The van der Waals surface area contributed by atoms with Crippen molar-refractivity contribution in [3.63, 3.8) is 0 Å². The van der Waals surface area contributed by atoms with E-state index < -0.39 is 10.1 Å². The summed E-state index contributed by atoms with van der Waals surface area (Å²) in [5, 5.41) is 19.8. The molecular formula is C18H17N3O4S. The number of benzene rings is 3. The van der Waals surface area contributed by atoms with Crippen molar-refractivity contribution in [2.45, 2.75) is 18.7 Å². The SMILES string of the molecule is Cc1ccc(S(=O)(=O)O)c(N=Nc2c(C)cc3ccc(N)cc3c2O)c1. The van der Waals surface area contributed by atoms with E-state index in [0.29, 0.717) is 16.6 Å². The van der Waals surface area contributed by atoms with E-state index in [9.17, 15) is 18.1 Å². The van der Waals surface area contributed by atoms with Crippen LogP contribution in [-0.4, -0.2) is 18.1 Å². The van der Waals surface area contributed by atoms with Crippen LogP contribution in [0, 0.1) is 13.8 Å². The standard InChI is InChI=1S/C18H17N3O4S/c1-10-3-6-16(26(23,24)25)15(7-10)20-21-17-11(2)8-12-4-5-13(19)9-14(12)18(17)22/h3-9,22H,19H2,1-2H3,(H,23,24,25). The summed E-state index contributed by atoms with van der Waals surface area (Å²) < 4.78 is 32.4. The molecule has 0 heterocycles. The third kappa shape index (κ3) is 3.37. The van der Waals surface area contributed by atoms with Crippen molar-refractivity contribution < 1.29 is 18.1 Å². The first-order chi connectivity index (χ1) is 12.2. The van der Waals surface area contributed by atoms with Crippen LogP contribution in [0.4, 0.5) is 17.1 Å². The summed E-state index contributed by atoms with van der Waals surface area (Å²) in [6.45, 7) is 3.51. The molecule has 3 rings (SSSR count). The zero-order valence-electron chi connectivity index (χ0n) is 14.1. The van der Waals surface area contributed by atoms with Crippen LogP contribution in [0.2, 0.25) is 0 Å². The molecule has 0 atom stereocenters. The smallest absolute Gasteiger partial charge is 0.296 e. The van der Waals surface area contributed by atoms with Crippen molar-refractivity contribution >= 4 is 38.0 Å². The van der Waals surface area contributed by atoms with Gasteiger partial charge >= 0.3 is 0 Å². The number of phenols is 1. The van der Waals surface area contributed by atoms with Gasteiger partial charge in [0.2, 0.25) is 0 Å². The highest BCUT2D eigenvalue weighted by atomic mass is 32.2. The van der Waals surface area contributed by atoms with Gasteiger partial charge in [0.15, 0.2) is 5.75 Å². The van der Waals surface area contributed by atoms with E-state index >= 15 is 0 Å². The first kappa shape index (κ1) is 17.8. The Hall–Kier alpha value is -2.97. The molecule has 4 N–H and O–H groups in total. The van der Waals surface area contributed by atoms with Crippen LogP contribution in [0.25, 0.3) is 10.8 Å². The molecule has 3 aromatic rings. The molecule has 3 aromatic carbocycles. The zero-order valence-corrected chi connectivity index (χ0v) is 14.9. The van der Waals surface area contributed by atoms with Crippen molar-refractivity contribution in [3.8, 4) is 5.75 Å². The Morgan fingerprint density at radius 3 is 2.42 bits per heavy atom. The lowest BCUT2D eigenvalue weighted by molar-refractivity contribution is 0.482. The lowest BCUT2D eigenvalue weighted by Gasteiger charge is -2.08. The van der Waals surface area contributed by atoms with E-state index in [1.807, 2.05) is 6.07 Å². The first-order valence-electron chi connectivity index (χ1n) is 7.68. The second kappa shape index (κ2) is 6.40. The van der Waals surface area contributed by atoms with Gasteiger partial charge in [-0.2, -0.15) is 8.42 Å². The Kier molecular flexibility index (Phi) is 4.39. The summed E-state index contributed by atoms with van der Waals surface area (Å²) in [6, 6.07) is 11.2. The maximum atomic E-state index is 11.5. The van der Waals surface area contributed by atoms with Gasteiger partial charge in [0.25, 0.3) is 10.1 Å². The maximum Gasteiger partial charge on any atom is 0.296 e. The maximum absolute atomic E-state index is 11.5. The average molecular weight is 371 g/mol. The number of anilines is 1. The first-order valence-corrected chi connectivity index (χ1v) is 9.12. The van der Waals surface area contributed by atoms with Gasteiger partial charge in [-0.1, -0.05) is 12.1 Å². The molecule has 0 aromatic heterocycles. The number of nitrogens with zero attached hydrogens (tertiary/aromatic N) is 2. The van der Waals surface area contributed by atoms with Crippen LogP contribution >= 0.6 is 0 Å². The fraction of sp³-hybridized carbons (Fsp3) is 0.111. The predicted molar refractivity (Wildman–Crippen MR) is 99.9 cm³/mol. The van der Waals surface area contributed by atoms with Gasteiger partial charge in [0.05, 0.1) is 0 Å². The Labute approximate surface area is 150 Å². The summed E-state index contributed by atoms with van der Waals surface area (Å²) in [5.74, 6) is -0.0999. The summed E-state index contributed by atoms with van der Waals surface area (Å²) in [6.07, 6.45) is 0. The molecule has 0 aliphatic heterocycles. The summed E-state index contributed by atoms with van der Waals surface area (Å²) in [4.78, 5) is -0.353. The molecule has 0 radical (unpaired) electrons. The molecular weight excluding hydrogens is 354 g/mol. The molecule has 134 valence electrons. The van der Waals surface area contributed by atoms with Crippen molar-refractivity contribution in [2.24, 2.45) is 10.2 Å². The van der Waals surface area contributed by atoms with E-state index in [1.54, 1.807) is 38.1 Å². The molecule has 7 nitrogen and oxygen atoms in total. The second-order valence-electron chi connectivity index (χ2n) is 6.02. The van der Waals surface area contributed by atoms with Crippen molar-refractivity contribution in [3.05, 3.63) is 53.6 Å². The summed E-state index contributed by atoms with van der Waals surface area (Å²) in [7, 11) is -4.45. The zero-order chi connectivity index (χ0) is 19.1. The highest BCUT2D eigenvalue weighted by molar-refractivity contribution is 7.86. The molecule has 0 aliphatic carbocycles. The van der Waals surface area contributed by atoms with Gasteiger partial charge in [0.1, 0.15) is 16.3 Å². The number of aryl methyl sites for hydroxylation is 2. The number of rotatable bonds is 3. The van der Waals surface area contributed by atoms with Crippen molar-refractivity contribution in [2.75, 3.05) is 5.73 Å². The lowest BCUT2D eigenvalue weighted by atomic mass is 10.0. The molecule has 0 amide bonds. The molecule has 0 saturated carbocycles. The Morgan fingerprint density at radius 1 is 1.00 bits per heavy atom. The quantitative estimate of drug-likeness (QED) is 0.357. The van der Waals surface area contributed by atoms with Gasteiger partial charge in [-0.05, 0) is 60.7 Å². The van der Waals surface area contributed by atoms with E-state index in [4.69, 9.17) is 5.73 Å². The molecule has 0 spiro atoms. The topological polar surface area (TPSA) is 125 Å². The molecule has 0 bridgehead atoms. The fourth-order valence-corrected chi connectivity index (χ4v) is 3.28. The Balaban J connectivity index is 2.17. The van der Waals surface area contributed by atoms with Crippen LogP contribution in [-0.2, 0) is 10.1 Å². The van der Waals surface area contributed by atoms with Gasteiger partial charge in [0, 0.05) is 11.1 Å². The summed E-state index contributed by atoms with van der Waals surface area (Å²) >= 11 is 0. The number of nitrogens with two attached hydrogens (primary N) is 1. The van der Waals surface area contributed by atoms with E-state index in [-0.39, 0.29) is 22.0 Å². The molecule has 26 heavy (non-hydrogen) atoms. The Morgan fingerprint density at radius 2 is 1.73 bits per heavy atom. The second-order valence-corrected chi connectivity index (χ2v) is 7.41. The largest absolute Gasteiger partial charge is 0.505 e. The molecule has 0 saturated heterocycles. The van der Waals surface area contributed by atoms with Crippen LogP contribution < -0.4 is 5.73 Å². The van der Waals surface area contributed by atoms with Crippen LogP contribution in [0.3, 0.4) is 0 Å². The van der Waals surface area contributed by atoms with Crippen molar-refractivity contribution in [1.29, 1.82) is 0 Å². The van der Waals surface area contributed by atoms with Gasteiger partial charge in [-0.3, -0.25) is 4.55 Å². The monoisotopic (exact) mass is 371 g/mol. The minimum atomic E-state index is -4.45. The van der Waals surface area contributed by atoms with Crippen molar-refractivity contribution in [1.82, 2.24) is 0 Å². The minimum absolute atomic E-state index is 0.0148. The van der Waals surface area contributed by atoms with Gasteiger partial charge < -0.3 is 10.8 Å². The predicted octanol–water partition coefficient (Wildman–Crippen LogP) is 4.41. The third-order valence-electron chi connectivity index (χ3n) is 3.95.